The van der Waals surface area contributed by atoms with Gasteiger partial charge in [-0.3, -0.25) is 0 Å². The van der Waals surface area contributed by atoms with E-state index in [1.54, 1.807) is 0 Å². The molecule has 0 N–H and O–H groups in total. The summed E-state index contributed by atoms with van der Waals surface area (Å²) < 4.78 is 0. The summed E-state index contributed by atoms with van der Waals surface area (Å²) in [6.45, 7) is 0. The number of allylic oxidation sites excluding steroid dienone is 1. The van der Waals surface area contributed by atoms with Crippen molar-refractivity contribution in [3.63, 3.8) is 0 Å². The van der Waals surface area contributed by atoms with E-state index in [2.05, 4.69) is 12.2 Å². The van der Waals surface area contributed by atoms with Crippen LogP contribution in [0.4, 0.5) is 0 Å². The lowest BCUT2D eigenvalue weighted by molar-refractivity contribution is 0.0539. The molecule has 2 nitrogen and oxygen atoms in total. The molecule has 2 aliphatic heterocycles. The minimum atomic E-state index is 0.288. The van der Waals surface area contributed by atoms with E-state index in [4.69, 9.17) is 56.6 Å². The maximum Gasteiger partial charge on any atom is 0.0811 e. The van der Waals surface area contributed by atoms with Crippen molar-refractivity contribution in [2.45, 2.75) is 36.8 Å². The number of halogens is 4. The molecule has 7 rings (SSSR count). The maximum atomic E-state index is 6.61. The number of nitrogens with zero attached hydrogens (tertiary/aromatic N) is 2. The lowest BCUT2D eigenvalue weighted by atomic mass is 9.57. The number of azo groups is 1. The Balaban J connectivity index is 1.57. The van der Waals surface area contributed by atoms with Crippen molar-refractivity contribution in [1.29, 1.82) is 0 Å². The van der Waals surface area contributed by atoms with Crippen molar-refractivity contribution in [3.8, 4) is 0 Å². The molecule has 0 spiro atoms. The Morgan fingerprint density at radius 1 is 0.792 bits per heavy atom. The summed E-state index contributed by atoms with van der Waals surface area (Å²) in [6, 6.07) is 0.601. The van der Waals surface area contributed by atoms with Crippen molar-refractivity contribution < 1.29 is 0 Å². The molecule has 2 fully saturated rings. The highest BCUT2D eigenvalue weighted by Gasteiger charge is 2.65. The number of rotatable bonds is 0. The quantitative estimate of drug-likeness (QED) is 0.269. The largest absolute Gasteiger partial charge is 0.190 e. The Morgan fingerprint density at radius 2 is 1.38 bits per heavy atom. The lowest BCUT2D eigenvalue weighted by Gasteiger charge is -2.51. The third-order valence-electron chi connectivity index (χ3n) is 7.18. The fourth-order valence-corrected chi connectivity index (χ4v) is 7.67. The van der Waals surface area contributed by atoms with Crippen molar-refractivity contribution in [3.05, 3.63) is 43.4 Å². The molecular weight excluding hydrogens is 386 g/mol. The molecule has 0 aromatic heterocycles. The first-order valence-corrected chi connectivity index (χ1v) is 10.0. The van der Waals surface area contributed by atoms with Crippen LogP contribution < -0.4 is 0 Å². The highest BCUT2D eigenvalue weighted by atomic mass is 35.5. The molecule has 4 bridgehead atoms. The molecule has 6 aliphatic rings. The van der Waals surface area contributed by atoms with Crippen molar-refractivity contribution in [2.75, 3.05) is 0 Å². The van der Waals surface area contributed by atoms with E-state index in [-0.39, 0.29) is 6.04 Å². The zero-order chi connectivity index (χ0) is 16.3. The third-order valence-corrected chi connectivity index (χ3v) is 9.01. The first-order valence-electron chi connectivity index (χ1n) is 8.52. The fraction of sp³-hybridized carbons (Fsp3) is 0.556. The molecule has 0 saturated heterocycles. The number of benzene rings is 1. The Bertz CT molecular complexity index is 848. The van der Waals surface area contributed by atoms with Crippen LogP contribution in [0.5, 0.6) is 0 Å². The zero-order valence-electron chi connectivity index (χ0n) is 12.6. The number of hydrogen-bond acceptors (Lipinski definition) is 2. The minimum Gasteiger partial charge on any atom is -0.190 e. The van der Waals surface area contributed by atoms with E-state index >= 15 is 0 Å². The van der Waals surface area contributed by atoms with Crippen molar-refractivity contribution in [2.24, 2.45) is 33.9 Å². The van der Waals surface area contributed by atoms with Gasteiger partial charge in [-0.25, -0.2) is 0 Å². The lowest BCUT2D eigenvalue weighted by Crippen LogP contribution is -2.53. The van der Waals surface area contributed by atoms with Crippen LogP contribution in [-0.4, -0.2) is 12.1 Å². The Morgan fingerprint density at radius 3 is 2.04 bits per heavy atom. The van der Waals surface area contributed by atoms with E-state index in [0.717, 1.165) is 24.0 Å². The van der Waals surface area contributed by atoms with E-state index in [1.807, 2.05) is 0 Å². The number of fused-ring (bicyclic) bond motifs is 5. The monoisotopic (exact) mass is 398 g/mol. The van der Waals surface area contributed by atoms with Crippen molar-refractivity contribution >= 4 is 46.4 Å². The van der Waals surface area contributed by atoms with Gasteiger partial charge in [0.1, 0.15) is 0 Å². The molecule has 0 radical (unpaired) electrons. The molecule has 0 amide bonds. The second kappa shape index (κ2) is 4.71. The van der Waals surface area contributed by atoms with Crippen LogP contribution in [0.1, 0.15) is 35.8 Å². The zero-order valence-corrected chi connectivity index (χ0v) is 15.6. The molecule has 6 heteroatoms. The fourth-order valence-electron chi connectivity index (χ4n) is 6.51. The van der Waals surface area contributed by atoms with Gasteiger partial charge in [0.2, 0.25) is 0 Å². The Labute approximate surface area is 160 Å². The van der Waals surface area contributed by atoms with Crippen LogP contribution in [0.3, 0.4) is 0 Å². The first-order chi connectivity index (χ1) is 11.6. The molecule has 0 unspecified atom stereocenters. The minimum absolute atomic E-state index is 0.288. The average molecular weight is 400 g/mol. The molecule has 2 saturated carbocycles. The predicted molar refractivity (Wildman–Crippen MR) is 96.7 cm³/mol. The molecule has 1 aromatic carbocycles. The summed E-state index contributed by atoms with van der Waals surface area (Å²) in [6.07, 6.45) is 6.90. The van der Waals surface area contributed by atoms with Crippen LogP contribution in [0.2, 0.25) is 20.1 Å². The molecule has 24 heavy (non-hydrogen) atoms. The van der Waals surface area contributed by atoms with Gasteiger partial charge in [-0.15, -0.1) is 0 Å². The van der Waals surface area contributed by atoms with Gasteiger partial charge >= 0.3 is 0 Å². The van der Waals surface area contributed by atoms with Crippen LogP contribution in [0.15, 0.2) is 22.4 Å². The predicted octanol–water partition coefficient (Wildman–Crippen LogP) is 6.53. The standard InChI is InChI=1S/C18H14Cl4N2/c19-13-9-7-4-8(10(9)14(20)16(22)15(13)21)12-11(7)17-5-2-1-3-6(5)18(12)24-23-17/h1-2,5-8,11-12,17-18H,3-4H2/t5-,6-,7-,8-,11+,12+,17+,18+/m1/s1. The SMILES string of the molecule is Clc1c(Cl)c(Cl)c2c(c1Cl)[C@H]1C[C@H]2[C@@H]2[C@H]3N=N[C@@H]([C@@H]4C=CC[C@H]43)[C@H]21. The molecular formula is C18H14Cl4N2. The maximum absolute atomic E-state index is 6.61. The normalized spacial score (nSPS) is 45.7. The van der Waals surface area contributed by atoms with Gasteiger partial charge in [0.25, 0.3) is 0 Å². The van der Waals surface area contributed by atoms with Crippen LogP contribution in [0.25, 0.3) is 0 Å². The Hall–Kier alpha value is -0.280. The first kappa shape index (κ1) is 14.8. The summed E-state index contributed by atoms with van der Waals surface area (Å²) in [4.78, 5) is 0. The van der Waals surface area contributed by atoms with E-state index in [0.29, 0.717) is 61.6 Å². The highest BCUT2D eigenvalue weighted by Crippen LogP contribution is 2.70. The van der Waals surface area contributed by atoms with Gasteiger partial charge in [-0.2, -0.15) is 10.2 Å². The second-order valence-corrected chi connectivity index (χ2v) is 9.32. The van der Waals surface area contributed by atoms with Crippen LogP contribution in [-0.2, 0) is 0 Å². The van der Waals surface area contributed by atoms with E-state index in [1.165, 1.54) is 0 Å². The van der Waals surface area contributed by atoms with Crippen molar-refractivity contribution in [1.82, 2.24) is 0 Å². The van der Waals surface area contributed by atoms with Crippen LogP contribution in [0, 0.1) is 23.7 Å². The van der Waals surface area contributed by atoms with Gasteiger partial charge in [-0.05, 0) is 53.6 Å². The van der Waals surface area contributed by atoms with Gasteiger partial charge in [0, 0.05) is 5.92 Å². The second-order valence-electron chi connectivity index (χ2n) is 7.80. The molecule has 4 aliphatic carbocycles. The topological polar surface area (TPSA) is 24.7 Å². The molecule has 8 atom stereocenters. The third kappa shape index (κ3) is 1.50. The smallest absolute Gasteiger partial charge is 0.0811 e. The van der Waals surface area contributed by atoms with Gasteiger partial charge < -0.3 is 0 Å². The van der Waals surface area contributed by atoms with E-state index in [9.17, 15) is 0 Å². The highest BCUT2D eigenvalue weighted by molar-refractivity contribution is 6.52. The molecule has 1 aromatic rings. The average Bonchev–Trinajstić information content (AvgIpc) is 3.31. The van der Waals surface area contributed by atoms with Gasteiger partial charge in [0.15, 0.2) is 0 Å². The summed E-state index contributed by atoms with van der Waals surface area (Å²) in [5.41, 5.74) is 2.29. The summed E-state index contributed by atoms with van der Waals surface area (Å²) in [5, 5.41) is 11.4. The summed E-state index contributed by atoms with van der Waals surface area (Å²) in [5.74, 6) is 2.98. The molecule has 2 heterocycles. The number of hydrogen-bond donors (Lipinski definition) is 0. The Kier molecular flexibility index (Phi) is 2.91. The van der Waals surface area contributed by atoms with E-state index < -0.39 is 0 Å². The van der Waals surface area contributed by atoms with Gasteiger partial charge in [-0.1, -0.05) is 58.6 Å². The van der Waals surface area contributed by atoms with Gasteiger partial charge in [0.05, 0.1) is 32.2 Å². The molecule has 124 valence electrons. The van der Waals surface area contributed by atoms with Crippen LogP contribution >= 0.6 is 46.4 Å². The summed E-state index contributed by atoms with van der Waals surface area (Å²) >= 11 is 25.9. The summed E-state index contributed by atoms with van der Waals surface area (Å²) in [7, 11) is 0.